The van der Waals surface area contributed by atoms with Gasteiger partial charge in [-0.05, 0) is 23.8 Å². The van der Waals surface area contributed by atoms with E-state index < -0.39 is 0 Å². The van der Waals surface area contributed by atoms with Crippen molar-refractivity contribution < 1.29 is 0 Å². The van der Waals surface area contributed by atoms with Gasteiger partial charge in [0, 0.05) is 23.0 Å². The Hall–Kier alpha value is -4.93. The third-order valence-electron chi connectivity index (χ3n) is 4.50. The van der Waals surface area contributed by atoms with Crippen LogP contribution in [0.15, 0.2) is 84.3 Å². The maximum absolute atomic E-state index is 9.26. The number of fused-ring (bicyclic) bond motifs is 1. The second kappa shape index (κ2) is 7.98. The summed E-state index contributed by atoms with van der Waals surface area (Å²) in [5.41, 5.74) is 4.54. The maximum atomic E-state index is 9.26. The number of nitrogens with zero attached hydrogens (tertiary/aromatic N) is 6. The van der Waals surface area contributed by atoms with Crippen molar-refractivity contribution in [1.82, 2.24) is 14.6 Å². The SMILES string of the molecule is N#CC(C#N)=C(C#N)Nc1cccc(-c2ccnc3c(-c4ccccc4)cnn23)c1. The number of allylic oxidation sites excluding steroid dienone is 2. The highest BCUT2D eigenvalue weighted by molar-refractivity contribution is 5.79. The molecule has 4 aromatic rings. The van der Waals surface area contributed by atoms with E-state index in [1.807, 2.05) is 60.7 Å². The van der Waals surface area contributed by atoms with Crippen molar-refractivity contribution in [3.63, 3.8) is 0 Å². The predicted molar refractivity (Wildman–Crippen MR) is 111 cm³/mol. The molecule has 0 saturated heterocycles. The summed E-state index contributed by atoms with van der Waals surface area (Å²) >= 11 is 0. The van der Waals surface area contributed by atoms with Crippen LogP contribution in [0.25, 0.3) is 28.0 Å². The van der Waals surface area contributed by atoms with Crippen LogP contribution in [0.5, 0.6) is 0 Å². The van der Waals surface area contributed by atoms with Crippen molar-refractivity contribution >= 4 is 11.3 Å². The molecule has 7 heteroatoms. The largest absolute Gasteiger partial charge is 0.345 e. The number of nitrogens with one attached hydrogen (secondary N) is 1. The summed E-state index contributed by atoms with van der Waals surface area (Å²) in [6.07, 6.45) is 3.51. The van der Waals surface area contributed by atoms with E-state index in [-0.39, 0.29) is 11.3 Å². The Morgan fingerprint density at radius 1 is 0.867 bits per heavy atom. The molecule has 0 amide bonds. The molecule has 0 unspecified atom stereocenters. The first kappa shape index (κ1) is 18.4. The summed E-state index contributed by atoms with van der Waals surface area (Å²) in [6, 6.07) is 24.4. The third kappa shape index (κ3) is 3.33. The Morgan fingerprint density at radius 2 is 1.63 bits per heavy atom. The van der Waals surface area contributed by atoms with Crippen molar-refractivity contribution in [3.05, 3.63) is 84.3 Å². The summed E-state index contributed by atoms with van der Waals surface area (Å²) in [6.45, 7) is 0. The molecule has 0 saturated carbocycles. The first-order valence-corrected chi connectivity index (χ1v) is 8.95. The molecule has 140 valence electrons. The molecule has 2 aromatic carbocycles. The Morgan fingerprint density at radius 3 is 2.37 bits per heavy atom. The zero-order valence-electron chi connectivity index (χ0n) is 15.6. The molecule has 0 fully saturated rings. The molecule has 0 radical (unpaired) electrons. The van der Waals surface area contributed by atoms with Gasteiger partial charge < -0.3 is 5.32 Å². The van der Waals surface area contributed by atoms with Crippen LogP contribution in [0.4, 0.5) is 5.69 Å². The van der Waals surface area contributed by atoms with Gasteiger partial charge in [-0.15, -0.1) is 0 Å². The average Bonchev–Trinajstić information content (AvgIpc) is 3.24. The second-order valence-corrected chi connectivity index (χ2v) is 6.28. The Bertz CT molecular complexity index is 1380. The lowest BCUT2D eigenvalue weighted by molar-refractivity contribution is 0.948. The van der Waals surface area contributed by atoms with Crippen molar-refractivity contribution in [2.45, 2.75) is 0 Å². The lowest BCUT2D eigenvalue weighted by Gasteiger charge is -2.09. The molecular weight excluding hydrogens is 374 g/mol. The number of aromatic nitrogens is 3. The fourth-order valence-corrected chi connectivity index (χ4v) is 3.12. The van der Waals surface area contributed by atoms with Crippen LogP contribution >= 0.6 is 0 Å². The van der Waals surface area contributed by atoms with Gasteiger partial charge in [0.05, 0.1) is 11.9 Å². The third-order valence-corrected chi connectivity index (χ3v) is 4.50. The molecule has 0 bridgehead atoms. The average molecular weight is 387 g/mol. The van der Waals surface area contributed by atoms with Gasteiger partial charge in [-0.25, -0.2) is 9.50 Å². The van der Waals surface area contributed by atoms with E-state index in [0.717, 1.165) is 28.0 Å². The fourth-order valence-electron chi connectivity index (χ4n) is 3.12. The summed E-state index contributed by atoms with van der Waals surface area (Å²) in [4.78, 5) is 4.50. The minimum Gasteiger partial charge on any atom is -0.345 e. The first-order valence-electron chi connectivity index (χ1n) is 8.95. The zero-order valence-corrected chi connectivity index (χ0v) is 15.6. The smallest absolute Gasteiger partial charge is 0.163 e. The van der Waals surface area contributed by atoms with Gasteiger partial charge in [0.25, 0.3) is 0 Å². The molecular formula is C23H13N7. The van der Waals surface area contributed by atoms with Crippen molar-refractivity contribution in [1.29, 1.82) is 15.8 Å². The topological polar surface area (TPSA) is 114 Å². The van der Waals surface area contributed by atoms with E-state index in [0.29, 0.717) is 5.69 Å². The molecule has 0 aliphatic carbocycles. The number of rotatable bonds is 4. The predicted octanol–water partition coefficient (Wildman–Crippen LogP) is 4.30. The summed E-state index contributed by atoms with van der Waals surface area (Å²) in [5, 5.41) is 34.7. The molecule has 0 atom stereocenters. The van der Waals surface area contributed by atoms with E-state index >= 15 is 0 Å². The van der Waals surface area contributed by atoms with Crippen molar-refractivity contribution in [2.75, 3.05) is 5.32 Å². The number of anilines is 1. The molecule has 1 N–H and O–H groups in total. The highest BCUT2D eigenvalue weighted by atomic mass is 15.3. The number of hydrogen-bond acceptors (Lipinski definition) is 6. The van der Waals surface area contributed by atoms with Crippen LogP contribution in [-0.4, -0.2) is 14.6 Å². The Balaban J connectivity index is 1.78. The van der Waals surface area contributed by atoms with Gasteiger partial charge >= 0.3 is 0 Å². The minimum absolute atomic E-state index is 0.0949. The highest BCUT2D eigenvalue weighted by Gasteiger charge is 2.12. The van der Waals surface area contributed by atoms with Crippen LogP contribution in [0.1, 0.15) is 0 Å². The first-order chi connectivity index (χ1) is 14.7. The summed E-state index contributed by atoms with van der Waals surface area (Å²) in [5.74, 6) is 0. The van der Waals surface area contributed by atoms with E-state index in [2.05, 4.69) is 15.4 Å². The summed E-state index contributed by atoms with van der Waals surface area (Å²) < 4.78 is 1.76. The molecule has 4 rings (SSSR count). The molecule has 7 nitrogen and oxygen atoms in total. The number of benzene rings is 2. The molecule has 0 aliphatic rings. The van der Waals surface area contributed by atoms with Crippen molar-refractivity contribution in [3.8, 4) is 40.6 Å². The highest BCUT2D eigenvalue weighted by Crippen LogP contribution is 2.28. The molecule has 0 aliphatic heterocycles. The van der Waals surface area contributed by atoms with Gasteiger partial charge in [-0.2, -0.15) is 20.9 Å². The Labute approximate surface area is 172 Å². The quantitative estimate of drug-likeness (QED) is 0.522. The van der Waals surface area contributed by atoms with Crippen LogP contribution in [0.2, 0.25) is 0 Å². The maximum Gasteiger partial charge on any atom is 0.163 e. The number of nitriles is 3. The van der Waals surface area contributed by atoms with E-state index in [4.69, 9.17) is 10.5 Å². The van der Waals surface area contributed by atoms with Gasteiger partial charge in [0.15, 0.2) is 11.2 Å². The van der Waals surface area contributed by atoms with Crippen LogP contribution in [0, 0.1) is 34.0 Å². The zero-order chi connectivity index (χ0) is 20.9. The second-order valence-electron chi connectivity index (χ2n) is 6.28. The summed E-state index contributed by atoms with van der Waals surface area (Å²) in [7, 11) is 0. The monoisotopic (exact) mass is 387 g/mol. The lowest BCUT2D eigenvalue weighted by atomic mass is 10.1. The molecule has 2 aromatic heterocycles. The fraction of sp³-hybridized carbons (Fsp3) is 0. The van der Waals surface area contributed by atoms with Gasteiger partial charge in [-0.3, -0.25) is 0 Å². The minimum atomic E-state index is -0.270. The van der Waals surface area contributed by atoms with Crippen molar-refractivity contribution in [2.24, 2.45) is 0 Å². The van der Waals surface area contributed by atoms with Crippen LogP contribution in [-0.2, 0) is 0 Å². The van der Waals surface area contributed by atoms with Crippen LogP contribution in [0.3, 0.4) is 0 Å². The van der Waals surface area contributed by atoms with Gasteiger partial charge in [0.1, 0.15) is 23.9 Å². The van der Waals surface area contributed by atoms with E-state index in [9.17, 15) is 5.26 Å². The standard InChI is InChI=1S/C23H13N7/c24-12-18(13-25)21(14-26)29-19-8-4-7-17(11-19)22-9-10-27-23-20(15-28-30(22)23)16-5-2-1-3-6-16/h1-11,15,29H. The van der Waals surface area contributed by atoms with E-state index in [1.165, 1.54) is 0 Å². The Kier molecular flexibility index (Phi) is 4.90. The molecule has 2 heterocycles. The van der Waals surface area contributed by atoms with Gasteiger partial charge in [0.2, 0.25) is 0 Å². The van der Waals surface area contributed by atoms with Crippen LogP contribution < -0.4 is 5.32 Å². The normalized spacial score (nSPS) is 9.90. The number of hydrogen-bond donors (Lipinski definition) is 1. The van der Waals surface area contributed by atoms with Gasteiger partial charge in [-0.1, -0.05) is 42.5 Å². The molecule has 30 heavy (non-hydrogen) atoms. The van der Waals surface area contributed by atoms with E-state index in [1.54, 1.807) is 35.1 Å². The molecule has 0 spiro atoms. The lowest BCUT2D eigenvalue weighted by Crippen LogP contribution is -2.01.